The van der Waals surface area contributed by atoms with Crippen molar-refractivity contribution in [3.63, 3.8) is 0 Å². The first-order valence-corrected chi connectivity index (χ1v) is 8.84. The lowest BCUT2D eigenvalue weighted by Crippen LogP contribution is -2.25. The maximum atomic E-state index is 11.3. The van der Waals surface area contributed by atoms with E-state index in [4.69, 9.17) is 5.11 Å². The molecule has 23 heavy (non-hydrogen) atoms. The molecule has 0 aliphatic carbocycles. The fraction of sp³-hybridized carbons (Fsp3) is 0.250. The fourth-order valence-electron chi connectivity index (χ4n) is 2.26. The van der Waals surface area contributed by atoms with Crippen LogP contribution >= 0.6 is 0 Å². The molecule has 1 atom stereocenters. The highest BCUT2D eigenvalue weighted by Crippen LogP contribution is 2.22. The van der Waals surface area contributed by atoms with Crippen molar-refractivity contribution in [2.45, 2.75) is 19.9 Å². The van der Waals surface area contributed by atoms with Gasteiger partial charge in [-0.2, -0.15) is 0 Å². The van der Waals surface area contributed by atoms with Gasteiger partial charge in [0.05, 0.1) is 11.9 Å². The van der Waals surface area contributed by atoms with Gasteiger partial charge in [0.1, 0.15) is 5.69 Å². The van der Waals surface area contributed by atoms with E-state index in [9.17, 15) is 13.2 Å². The summed E-state index contributed by atoms with van der Waals surface area (Å²) >= 11 is 0. The topological polar surface area (TPSA) is 96.4 Å². The van der Waals surface area contributed by atoms with Gasteiger partial charge in [-0.1, -0.05) is 24.3 Å². The van der Waals surface area contributed by atoms with Crippen LogP contribution in [0.5, 0.6) is 0 Å². The largest absolute Gasteiger partial charge is 0.477 e. The number of hydrogen-bond acceptors (Lipinski definition) is 4. The predicted molar refractivity (Wildman–Crippen MR) is 87.8 cm³/mol. The fourth-order valence-corrected chi connectivity index (χ4v) is 3.03. The van der Waals surface area contributed by atoms with Gasteiger partial charge in [0.15, 0.2) is 0 Å². The van der Waals surface area contributed by atoms with E-state index in [0.29, 0.717) is 5.69 Å². The Morgan fingerprint density at radius 3 is 2.35 bits per heavy atom. The van der Waals surface area contributed by atoms with Gasteiger partial charge in [0, 0.05) is 11.6 Å². The molecule has 0 fully saturated rings. The number of hydrogen-bond donors (Lipinski definition) is 2. The van der Waals surface area contributed by atoms with Crippen molar-refractivity contribution in [3.05, 3.63) is 53.2 Å². The Morgan fingerprint density at radius 1 is 1.22 bits per heavy atom. The molecule has 0 aliphatic heterocycles. The van der Waals surface area contributed by atoms with E-state index in [-0.39, 0.29) is 11.7 Å². The SMILES string of the molecule is Cc1cc(C(=O)O)nc(-c2ccc([C@H](C)NS(C)(=O)=O)cc2)c1. The van der Waals surface area contributed by atoms with Crippen LogP contribution in [-0.2, 0) is 10.0 Å². The van der Waals surface area contributed by atoms with Crippen molar-refractivity contribution in [1.82, 2.24) is 9.71 Å². The van der Waals surface area contributed by atoms with Crippen LogP contribution in [0.4, 0.5) is 0 Å². The maximum absolute atomic E-state index is 11.3. The third kappa shape index (κ3) is 4.61. The van der Waals surface area contributed by atoms with Crippen molar-refractivity contribution in [1.29, 1.82) is 0 Å². The zero-order valence-corrected chi connectivity index (χ0v) is 13.9. The molecule has 1 heterocycles. The normalized spacial score (nSPS) is 12.8. The van der Waals surface area contributed by atoms with Crippen LogP contribution in [0, 0.1) is 6.92 Å². The van der Waals surface area contributed by atoms with E-state index in [0.717, 1.165) is 22.9 Å². The number of nitrogens with zero attached hydrogens (tertiary/aromatic N) is 1. The number of carboxylic acid groups (broad SMARTS) is 1. The van der Waals surface area contributed by atoms with E-state index in [1.165, 1.54) is 6.07 Å². The predicted octanol–water partition coefficient (Wildman–Crippen LogP) is 2.37. The molecule has 0 saturated heterocycles. The third-order valence-electron chi connectivity index (χ3n) is 3.29. The van der Waals surface area contributed by atoms with Crippen LogP contribution < -0.4 is 4.72 Å². The number of benzene rings is 1. The molecule has 122 valence electrons. The number of aromatic carboxylic acids is 1. The van der Waals surface area contributed by atoms with E-state index >= 15 is 0 Å². The quantitative estimate of drug-likeness (QED) is 0.875. The van der Waals surface area contributed by atoms with Gasteiger partial charge >= 0.3 is 5.97 Å². The van der Waals surface area contributed by atoms with Crippen molar-refractivity contribution < 1.29 is 18.3 Å². The molecule has 0 spiro atoms. The van der Waals surface area contributed by atoms with Crippen molar-refractivity contribution >= 4 is 16.0 Å². The number of nitrogens with one attached hydrogen (secondary N) is 1. The number of rotatable bonds is 5. The van der Waals surface area contributed by atoms with Crippen molar-refractivity contribution in [3.8, 4) is 11.3 Å². The lowest BCUT2D eigenvalue weighted by Gasteiger charge is -2.13. The molecule has 0 unspecified atom stereocenters. The number of carbonyl (C=O) groups is 1. The summed E-state index contributed by atoms with van der Waals surface area (Å²) in [4.78, 5) is 15.2. The van der Waals surface area contributed by atoms with Crippen LogP contribution in [0.3, 0.4) is 0 Å². The number of sulfonamides is 1. The Labute approximate surface area is 135 Å². The van der Waals surface area contributed by atoms with E-state index < -0.39 is 16.0 Å². The minimum Gasteiger partial charge on any atom is -0.477 e. The first-order valence-electron chi connectivity index (χ1n) is 6.95. The van der Waals surface area contributed by atoms with Crippen molar-refractivity contribution in [2.24, 2.45) is 0 Å². The molecule has 7 heteroatoms. The van der Waals surface area contributed by atoms with Gasteiger partial charge in [0.2, 0.25) is 10.0 Å². The van der Waals surface area contributed by atoms with Gasteiger partial charge in [-0.3, -0.25) is 0 Å². The molecule has 0 saturated carbocycles. The van der Waals surface area contributed by atoms with E-state index in [1.807, 2.05) is 6.92 Å². The Balaban J connectivity index is 2.31. The molecule has 6 nitrogen and oxygen atoms in total. The number of aromatic nitrogens is 1. The van der Waals surface area contributed by atoms with Gasteiger partial charge in [-0.05, 0) is 37.1 Å². The Kier molecular flexibility index (Phi) is 4.82. The summed E-state index contributed by atoms with van der Waals surface area (Å²) in [5.41, 5.74) is 2.95. The summed E-state index contributed by atoms with van der Waals surface area (Å²) in [5.74, 6) is -1.07. The highest BCUT2D eigenvalue weighted by molar-refractivity contribution is 7.88. The van der Waals surface area contributed by atoms with Crippen LogP contribution in [0.15, 0.2) is 36.4 Å². The smallest absolute Gasteiger partial charge is 0.354 e. The average molecular weight is 334 g/mol. The molecule has 0 bridgehead atoms. The minimum atomic E-state index is -3.28. The highest BCUT2D eigenvalue weighted by Gasteiger charge is 2.12. The van der Waals surface area contributed by atoms with Gasteiger partial charge < -0.3 is 5.11 Å². The van der Waals surface area contributed by atoms with Gasteiger partial charge in [-0.25, -0.2) is 22.9 Å². The molecular weight excluding hydrogens is 316 g/mol. The van der Waals surface area contributed by atoms with Gasteiger partial charge in [-0.15, -0.1) is 0 Å². The second-order valence-electron chi connectivity index (χ2n) is 5.45. The molecule has 0 amide bonds. The highest BCUT2D eigenvalue weighted by atomic mass is 32.2. The second kappa shape index (κ2) is 6.47. The molecule has 2 N–H and O–H groups in total. The van der Waals surface area contributed by atoms with Crippen LogP contribution in [0.25, 0.3) is 11.3 Å². The molecule has 1 aromatic carbocycles. The van der Waals surface area contributed by atoms with E-state index in [1.54, 1.807) is 37.3 Å². The standard InChI is InChI=1S/C16H18N2O4S/c1-10-8-14(17-15(9-10)16(19)20)13-6-4-12(5-7-13)11(2)18-23(3,21)22/h4-9,11,18H,1-3H3,(H,19,20)/t11-/m0/s1. The van der Waals surface area contributed by atoms with Gasteiger partial charge in [0.25, 0.3) is 0 Å². The molecule has 1 aromatic heterocycles. The Bertz CT molecular complexity index is 830. The summed E-state index contributed by atoms with van der Waals surface area (Å²) < 4.78 is 25.0. The summed E-state index contributed by atoms with van der Waals surface area (Å²) in [6, 6.07) is 10.1. The van der Waals surface area contributed by atoms with Crippen LogP contribution in [-0.4, -0.2) is 30.7 Å². The number of aryl methyl sites for hydroxylation is 1. The molecule has 0 radical (unpaired) electrons. The average Bonchev–Trinajstić information content (AvgIpc) is 2.45. The Morgan fingerprint density at radius 2 is 1.83 bits per heavy atom. The van der Waals surface area contributed by atoms with Crippen LogP contribution in [0.1, 0.15) is 34.6 Å². The monoisotopic (exact) mass is 334 g/mol. The molecular formula is C16H18N2O4S. The van der Waals surface area contributed by atoms with E-state index in [2.05, 4.69) is 9.71 Å². The lowest BCUT2D eigenvalue weighted by molar-refractivity contribution is 0.0690. The minimum absolute atomic E-state index is 0.00353. The van der Waals surface area contributed by atoms with Crippen molar-refractivity contribution in [2.75, 3.05) is 6.26 Å². The number of carboxylic acids is 1. The van der Waals surface area contributed by atoms with Crippen LogP contribution in [0.2, 0.25) is 0 Å². The summed E-state index contributed by atoms with van der Waals surface area (Å²) in [6.07, 6.45) is 1.11. The third-order valence-corrected chi connectivity index (χ3v) is 4.07. The maximum Gasteiger partial charge on any atom is 0.354 e. The summed E-state index contributed by atoms with van der Waals surface area (Å²) in [6.45, 7) is 3.56. The molecule has 2 aromatic rings. The number of pyridine rings is 1. The molecule has 0 aliphatic rings. The summed E-state index contributed by atoms with van der Waals surface area (Å²) in [5, 5.41) is 9.08. The first-order chi connectivity index (χ1) is 10.7. The second-order valence-corrected chi connectivity index (χ2v) is 7.23. The Hall–Kier alpha value is -2.25. The first kappa shape index (κ1) is 17.1. The molecule has 2 rings (SSSR count). The zero-order valence-electron chi connectivity index (χ0n) is 13.1. The summed E-state index contributed by atoms with van der Waals surface area (Å²) in [7, 11) is -3.28. The lowest BCUT2D eigenvalue weighted by atomic mass is 10.0. The zero-order chi connectivity index (χ0) is 17.2.